The zero-order chi connectivity index (χ0) is 12.9. The fourth-order valence-electron chi connectivity index (χ4n) is 2.18. The molecule has 100 valence electrons. The first-order valence-corrected chi connectivity index (χ1v) is 6.92. The van der Waals surface area contributed by atoms with Crippen LogP contribution in [0.25, 0.3) is 0 Å². The van der Waals surface area contributed by atoms with Crippen LogP contribution in [0.4, 0.5) is 0 Å². The second-order valence-electron chi connectivity index (χ2n) is 6.28. The van der Waals surface area contributed by atoms with Crippen molar-refractivity contribution in [3.05, 3.63) is 0 Å². The van der Waals surface area contributed by atoms with Crippen LogP contribution in [-0.4, -0.2) is 48.4 Å². The highest BCUT2D eigenvalue weighted by Crippen LogP contribution is 2.21. The summed E-state index contributed by atoms with van der Waals surface area (Å²) in [6.45, 7) is 13.9. The Bertz CT molecular complexity index is 237. The third-order valence-corrected chi connectivity index (χ3v) is 3.35. The highest BCUT2D eigenvalue weighted by molar-refractivity contribution is 5.76. The molecule has 0 saturated carbocycles. The van der Waals surface area contributed by atoms with Gasteiger partial charge in [0.05, 0.1) is 0 Å². The average Bonchev–Trinajstić information content (AvgIpc) is 2.26. The molecule has 0 unspecified atom stereocenters. The number of amides is 1. The Labute approximate surface area is 106 Å². The lowest BCUT2D eigenvalue weighted by Gasteiger charge is -2.35. The highest BCUT2D eigenvalue weighted by Gasteiger charge is 2.21. The fraction of sp³-hybridized carbons (Fsp3) is 0.929. The van der Waals surface area contributed by atoms with Gasteiger partial charge in [-0.1, -0.05) is 27.7 Å². The van der Waals surface area contributed by atoms with Gasteiger partial charge in [-0.05, 0) is 24.8 Å². The molecular formula is C14H28N2O. The molecule has 0 N–H and O–H groups in total. The molecule has 17 heavy (non-hydrogen) atoms. The molecule has 3 heteroatoms. The van der Waals surface area contributed by atoms with E-state index in [-0.39, 0.29) is 5.41 Å². The monoisotopic (exact) mass is 240 g/mol. The third-order valence-electron chi connectivity index (χ3n) is 3.35. The van der Waals surface area contributed by atoms with Gasteiger partial charge in [-0.15, -0.1) is 0 Å². The quantitative estimate of drug-likeness (QED) is 0.753. The second-order valence-corrected chi connectivity index (χ2v) is 6.28. The van der Waals surface area contributed by atoms with E-state index in [1.165, 1.54) is 13.0 Å². The lowest BCUT2D eigenvalue weighted by atomic mass is 9.90. The van der Waals surface area contributed by atoms with E-state index in [2.05, 4.69) is 32.6 Å². The van der Waals surface area contributed by atoms with E-state index in [9.17, 15) is 4.79 Å². The van der Waals surface area contributed by atoms with Crippen molar-refractivity contribution in [3.63, 3.8) is 0 Å². The normalized spacial score (nSPS) is 18.5. The van der Waals surface area contributed by atoms with E-state index in [0.717, 1.165) is 32.6 Å². The summed E-state index contributed by atoms with van der Waals surface area (Å²) in [7, 11) is 0. The zero-order valence-corrected chi connectivity index (χ0v) is 12.0. The zero-order valence-electron chi connectivity index (χ0n) is 12.0. The molecule has 1 heterocycles. The minimum Gasteiger partial charge on any atom is -0.340 e. The summed E-state index contributed by atoms with van der Waals surface area (Å²) in [6.07, 6.45) is 2.90. The van der Waals surface area contributed by atoms with Gasteiger partial charge in [-0.25, -0.2) is 0 Å². The third kappa shape index (κ3) is 5.53. The van der Waals surface area contributed by atoms with E-state index in [1.54, 1.807) is 0 Å². The first kappa shape index (κ1) is 14.5. The summed E-state index contributed by atoms with van der Waals surface area (Å²) in [5.74, 6) is 0.344. The van der Waals surface area contributed by atoms with Gasteiger partial charge in [-0.2, -0.15) is 0 Å². The Hall–Kier alpha value is -0.570. The Kier molecular flexibility index (Phi) is 5.44. The number of carbonyl (C=O) groups excluding carboxylic acids is 1. The maximum atomic E-state index is 12.0. The number of hydrogen-bond donors (Lipinski definition) is 0. The molecular weight excluding hydrogens is 212 g/mol. The summed E-state index contributed by atoms with van der Waals surface area (Å²) in [5, 5.41) is 0. The summed E-state index contributed by atoms with van der Waals surface area (Å²) < 4.78 is 0. The van der Waals surface area contributed by atoms with E-state index in [0.29, 0.717) is 12.3 Å². The van der Waals surface area contributed by atoms with Gasteiger partial charge in [0, 0.05) is 32.6 Å². The number of hydrogen-bond acceptors (Lipinski definition) is 2. The van der Waals surface area contributed by atoms with Crippen LogP contribution in [0.3, 0.4) is 0 Å². The van der Waals surface area contributed by atoms with Crippen LogP contribution in [0.5, 0.6) is 0 Å². The molecule has 0 spiro atoms. The Morgan fingerprint density at radius 2 is 1.71 bits per heavy atom. The Morgan fingerprint density at radius 1 is 1.12 bits per heavy atom. The molecule has 0 aromatic rings. The minimum atomic E-state index is 0.264. The highest BCUT2D eigenvalue weighted by atomic mass is 16.2. The van der Waals surface area contributed by atoms with Gasteiger partial charge in [-0.3, -0.25) is 9.69 Å². The Balaban J connectivity index is 2.26. The number of piperazine rings is 1. The lowest BCUT2D eigenvalue weighted by molar-refractivity contribution is -0.133. The fourth-order valence-corrected chi connectivity index (χ4v) is 2.18. The van der Waals surface area contributed by atoms with E-state index in [1.807, 2.05) is 4.90 Å². The predicted molar refractivity (Wildman–Crippen MR) is 72.0 cm³/mol. The van der Waals surface area contributed by atoms with Crippen LogP contribution in [0.2, 0.25) is 0 Å². The number of carbonyl (C=O) groups is 1. The van der Waals surface area contributed by atoms with Gasteiger partial charge < -0.3 is 4.90 Å². The SMILES string of the molecule is CCCN1CCN(C(=O)CCC(C)(C)C)CC1. The molecule has 0 atom stereocenters. The van der Waals surface area contributed by atoms with Crippen molar-refractivity contribution in [2.75, 3.05) is 32.7 Å². The summed E-state index contributed by atoms with van der Waals surface area (Å²) in [6, 6.07) is 0. The molecule has 3 nitrogen and oxygen atoms in total. The van der Waals surface area contributed by atoms with Gasteiger partial charge in [0.15, 0.2) is 0 Å². The molecule has 0 aromatic heterocycles. The molecule has 1 rings (SSSR count). The van der Waals surface area contributed by atoms with E-state index < -0.39 is 0 Å². The molecule has 1 fully saturated rings. The van der Waals surface area contributed by atoms with Crippen molar-refractivity contribution in [1.29, 1.82) is 0 Å². The van der Waals surface area contributed by atoms with Crippen molar-refractivity contribution in [2.45, 2.75) is 47.0 Å². The van der Waals surface area contributed by atoms with Crippen molar-refractivity contribution in [1.82, 2.24) is 9.80 Å². The van der Waals surface area contributed by atoms with Crippen LogP contribution in [0.15, 0.2) is 0 Å². The number of nitrogens with zero attached hydrogens (tertiary/aromatic N) is 2. The molecule has 0 aliphatic carbocycles. The Morgan fingerprint density at radius 3 is 2.18 bits per heavy atom. The lowest BCUT2D eigenvalue weighted by Crippen LogP contribution is -2.48. The smallest absolute Gasteiger partial charge is 0.222 e. The standard InChI is InChI=1S/C14H28N2O/c1-5-8-15-9-11-16(12-10-15)13(17)6-7-14(2,3)4/h5-12H2,1-4H3. The van der Waals surface area contributed by atoms with Crippen LogP contribution in [-0.2, 0) is 4.79 Å². The van der Waals surface area contributed by atoms with Crippen molar-refractivity contribution in [3.8, 4) is 0 Å². The van der Waals surface area contributed by atoms with Gasteiger partial charge >= 0.3 is 0 Å². The average molecular weight is 240 g/mol. The van der Waals surface area contributed by atoms with E-state index >= 15 is 0 Å². The van der Waals surface area contributed by atoms with Crippen molar-refractivity contribution in [2.24, 2.45) is 5.41 Å². The predicted octanol–water partition coefficient (Wildman–Crippen LogP) is 2.37. The molecule has 0 aromatic carbocycles. The topological polar surface area (TPSA) is 23.6 Å². The van der Waals surface area contributed by atoms with E-state index in [4.69, 9.17) is 0 Å². The molecule has 0 bridgehead atoms. The van der Waals surface area contributed by atoms with Crippen molar-refractivity contribution < 1.29 is 4.79 Å². The first-order chi connectivity index (χ1) is 7.92. The molecule has 1 saturated heterocycles. The van der Waals surface area contributed by atoms with Gasteiger partial charge in [0.25, 0.3) is 0 Å². The largest absolute Gasteiger partial charge is 0.340 e. The first-order valence-electron chi connectivity index (χ1n) is 6.92. The molecule has 1 aliphatic heterocycles. The summed E-state index contributed by atoms with van der Waals surface area (Å²) in [5.41, 5.74) is 0.264. The number of rotatable bonds is 4. The molecule has 1 aliphatic rings. The van der Waals surface area contributed by atoms with Gasteiger partial charge in [0.2, 0.25) is 5.91 Å². The van der Waals surface area contributed by atoms with Gasteiger partial charge in [0.1, 0.15) is 0 Å². The van der Waals surface area contributed by atoms with Crippen LogP contribution < -0.4 is 0 Å². The maximum absolute atomic E-state index is 12.0. The summed E-state index contributed by atoms with van der Waals surface area (Å²) >= 11 is 0. The van der Waals surface area contributed by atoms with Crippen LogP contribution >= 0.6 is 0 Å². The maximum Gasteiger partial charge on any atom is 0.222 e. The molecule has 1 amide bonds. The molecule has 0 radical (unpaired) electrons. The second kappa shape index (κ2) is 6.39. The van der Waals surface area contributed by atoms with Crippen LogP contribution in [0.1, 0.15) is 47.0 Å². The summed E-state index contributed by atoms with van der Waals surface area (Å²) in [4.78, 5) is 16.5. The minimum absolute atomic E-state index is 0.264. The van der Waals surface area contributed by atoms with Crippen LogP contribution in [0, 0.1) is 5.41 Å². The van der Waals surface area contributed by atoms with Crippen molar-refractivity contribution >= 4 is 5.91 Å².